The molecule has 0 unspecified atom stereocenters. The summed E-state index contributed by atoms with van der Waals surface area (Å²) in [5, 5.41) is 0. The highest BCUT2D eigenvalue weighted by atomic mass is 16.5. The number of ether oxygens (including phenoxy) is 2. The third-order valence-corrected chi connectivity index (χ3v) is 3.15. The smallest absolute Gasteiger partial charge is 0.310 e. The van der Waals surface area contributed by atoms with Crippen LogP contribution in [-0.2, 0) is 19.1 Å². The Labute approximate surface area is 99.5 Å². The largest absolute Gasteiger partial charge is 0.469 e. The van der Waals surface area contributed by atoms with Gasteiger partial charge >= 0.3 is 11.9 Å². The number of hydrogen-bond donors (Lipinski definition) is 0. The molecular formula is C13H14O4. The Bertz CT molecular complexity index is 404. The van der Waals surface area contributed by atoms with Crippen LogP contribution in [0.3, 0.4) is 0 Å². The minimum absolute atomic E-state index is 0.115. The fourth-order valence-corrected chi connectivity index (χ4v) is 2.26. The molecule has 90 valence electrons. The second-order valence-electron chi connectivity index (χ2n) is 4.03. The molecular weight excluding hydrogens is 220 g/mol. The molecule has 1 aliphatic carbocycles. The number of hydrogen-bond acceptors (Lipinski definition) is 4. The molecule has 1 aliphatic rings. The van der Waals surface area contributed by atoms with Crippen molar-refractivity contribution in [2.75, 3.05) is 14.2 Å². The Morgan fingerprint density at radius 1 is 0.941 bits per heavy atom. The summed E-state index contributed by atoms with van der Waals surface area (Å²) >= 11 is 0. The van der Waals surface area contributed by atoms with Crippen molar-refractivity contribution in [2.24, 2.45) is 11.8 Å². The number of benzene rings is 1. The molecule has 2 rings (SSSR count). The highest BCUT2D eigenvalue weighted by molar-refractivity contribution is 5.90. The third-order valence-electron chi connectivity index (χ3n) is 3.15. The number of esters is 2. The number of carbonyl (C=O) groups excluding carboxylic acids is 2. The molecule has 1 fully saturated rings. The quantitative estimate of drug-likeness (QED) is 0.741. The Morgan fingerprint density at radius 2 is 1.41 bits per heavy atom. The lowest BCUT2D eigenvalue weighted by molar-refractivity contribution is -0.148. The summed E-state index contributed by atoms with van der Waals surface area (Å²) in [6.07, 6.45) is 0. The van der Waals surface area contributed by atoms with Crippen LogP contribution in [0.15, 0.2) is 30.3 Å². The molecule has 1 aromatic rings. The van der Waals surface area contributed by atoms with Gasteiger partial charge in [-0.25, -0.2) is 0 Å². The average Bonchev–Trinajstić information content (AvgIpc) is 3.13. The summed E-state index contributed by atoms with van der Waals surface area (Å²) in [6.45, 7) is 0. The molecule has 0 saturated heterocycles. The SMILES string of the molecule is COC(=O)[C@@H]1C(c2ccccc2)[C@H]1C(=O)OC. The van der Waals surface area contributed by atoms with Crippen molar-refractivity contribution in [3.63, 3.8) is 0 Å². The topological polar surface area (TPSA) is 52.6 Å². The monoisotopic (exact) mass is 234 g/mol. The normalized spacial score (nSPS) is 26.1. The van der Waals surface area contributed by atoms with Crippen LogP contribution < -0.4 is 0 Å². The van der Waals surface area contributed by atoms with Gasteiger partial charge in [-0.1, -0.05) is 30.3 Å². The first kappa shape index (κ1) is 11.6. The first-order valence-corrected chi connectivity index (χ1v) is 5.41. The van der Waals surface area contributed by atoms with E-state index in [2.05, 4.69) is 0 Å². The van der Waals surface area contributed by atoms with Crippen molar-refractivity contribution < 1.29 is 19.1 Å². The molecule has 4 heteroatoms. The van der Waals surface area contributed by atoms with Gasteiger partial charge in [0.15, 0.2) is 0 Å². The van der Waals surface area contributed by atoms with Crippen molar-refractivity contribution in [3.05, 3.63) is 35.9 Å². The summed E-state index contributed by atoms with van der Waals surface area (Å²) in [4.78, 5) is 23.1. The van der Waals surface area contributed by atoms with E-state index in [4.69, 9.17) is 9.47 Å². The summed E-state index contributed by atoms with van der Waals surface area (Å²) in [6, 6.07) is 9.48. The number of rotatable bonds is 3. The summed E-state index contributed by atoms with van der Waals surface area (Å²) in [5.74, 6) is -1.63. The van der Waals surface area contributed by atoms with Gasteiger partial charge in [-0.3, -0.25) is 9.59 Å². The Balaban J connectivity index is 2.22. The highest BCUT2D eigenvalue weighted by Gasteiger charge is 2.61. The van der Waals surface area contributed by atoms with E-state index >= 15 is 0 Å². The van der Waals surface area contributed by atoms with Gasteiger partial charge in [0.2, 0.25) is 0 Å². The second-order valence-corrected chi connectivity index (χ2v) is 4.03. The molecule has 0 radical (unpaired) electrons. The van der Waals surface area contributed by atoms with Gasteiger partial charge in [0, 0.05) is 5.92 Å². The molecule has 0 N–H and O–H groups in total. The molecule has 17 heavy (non-hydrogen) atoms. The van der Waals surface area contributed by atoms with Gasteiger partial charge < -0.3 is 9.47 Å². The molecule has 2 atom stereocenters. The molecule has 0 spiro atoms. The Morgan fingerprint density at radius 3 is 1.82 bits per heavy atom. The van der Waals surface area contributed by atoms with E-state index < -0.39 is 11.8 Å². The van der Waals surface area contributed by atoms with Crippen molar-refractivity contribution in [3.8, 4) is 0 Å². The molecule has 0 heterocycles. The van der Waals surface area contributed by atoms with Crippen LogP contribution in [0.4, 0.5) is 0 Å². The zero-order valence-electron chi connectivity index (χ0n) is 9.75. The predicted octanol–water partition coefficient (Wildman–Crippen LogP) is 1.36. The lowest BCUT2D eigenvalue weighted by Gasteiger charge is -1.98. The van der Waals surface area contributed by atoms with Crippen molar-refractivity contribution >= 4 is 11.9 Å². The van der Waals surface area contributed by atoms with Crippen LogP contribution in [0.1, 0.15) is 11.5 Å². The van der Waals surface area contributed by atoms with Crippen LogP contribution in [-0.4, -0.2) is 26.2 Å². The van der Waals surface area contributed by atoms with Crippen LogP contribution in [0.2, 0.25) is 0 Å². The standard InChI is InChI=1S/C13H14O4/c1-16-12(14)10-9(11(10)13(15)17-2)8-6-4-3-5-7-8/h3-7,9-11H,1-2H3/t10-,11-/m1/s1. The molecule has 0 aliphatic heterocycles. The molecule has 0 bridgehead atoms. The summed E-state index contributed by atoms with van der Waals surface area (Å²) in [7, 11) is 2.66. The minimum Gasteiger partial charge on any atom is -0.469 e. The van der Waals surface area contributed by atoms with Crippen molar-refractivity contribution in [2.45, 2.75) is 5.92 Å². The summed E-state index contributed by atoms with van der Waals surface area (Å²) < 4.78 is 9.41. The van der Waals surface area contributed by atoms with Crippen LogP contribution >= 0.6 is 0 Å². The Kier molecular flexibility index (Phi) is 3.13. The first-order chi connectivity index (χ1) is 8.20. The van der Waals surface area contributed by atoms with E-state index in [0.717, 1.165) is 5.56 Å². The van der Waals surface area contributed by atoms with E-state index in [-0.39, 0.29) is 17.9 Å². The Hall–Kier alpha value is -1.84. The van der Waals surface area contributed by atoms with E-state index in [1.165, 1.54) is 14.2 Å². The van der Waals surface area contributed by atoms with Crippen molar-refractivity contribution in [1.29, 1.82) is 0 Å². The van der Waals surface area contributed by atoms with Gasteiger partial charge in [0.05, 0.1) is 26.1 Å². The lowest BCUT2D eigenvalue weighted by Crippen LogP contribution is -2.10. The van der Waals surface area contributed by atoms with Crippen LogP contribution in [0.5, 0.6) is 0 Å². The summed E-state index contributed by atoms with van der Waals surface area (Å²) in [5.41, 5.74) is 0.971. The highest BCUT2D eigenvalue weighted by Crippen LogP contribution is 2.55. The number of methoxy groups -OCH3 is 2. The van der Waals surface area contributed by atoms with Crippen LogP contribution in [0.25, 0.3) is 0 Å². The molecule has 1 saturated carbocycles. The van der Waals surface area contributed by atoms with E-state index in [9.17, 15) is 9.59 Å². The maximum Gasteiger partial charge on any atom is 0.310 e. The predicted molar refractivity (Wildman–Crippen MR) is 60.2 cm³/mol. The fourth-order valence-electron chi connectivity index (χ4n) is 2.26. The minimum atomic E-state index is -0.408. The third kappa shape index (κ3) is 2.02. The van der Waals surface area contributed by atoms with E-state index in [1.54, 1.807) is 0 Å². The maximum absolute atomic E-state index is 11.6. The maximum atomic E-state index is 11.6. The number of carbonyl (C=O) groups is 2. The van der Waals surface area contributed by atoms with Gasteiger partial charge in [0.25, 0.3) is 0 Å². The van der Waals surface area contributed by atoms with Gasteiger partial charge in [-0.15, -0.1) is 0 Å². The van der Waals surface area contributed by atoms with Gasteiger partial charge in [-0.2, -0.15) is 0 Å². The zero-order chi connectivity index (χ0) is 12.4. The lowest BCUT2D eigenvalue weighted by atomic mass is 10.1. The molecule has 1 aromatic carbocycles. The molecule has 4 nitrogen and oxygen atoms in total. The van der Waals surface area contributed by atoms with Gasteiger partial charge in [0.1, 0.15) is 0 Å². The molecule has 0 aromatic heterocycles. The van der Waals surface area contributed by atoms with E-state index in [0.29, 0.717) is 0 Å². The van der Waals surface area contributed by atoms with Crippen molar-refractivity contribution in [1.82, 2.24) is 0 Å². The van der Waals surface area contributed by atoms with Gasteiger partial charge in [-0.05, 0) is 5.56 Å². The first-order valence-electron chi connectivity index (χ1n) is 5.41. The fraction of sp³-hybridized carbons (Fsp3) is 0.385. The van der Waals surface area contributed by atoms with E-state index in [1.807, 2.05) is 30.3 Å². The van der Waals surface area contributed by atoms with Crippen LogP contribution in [0, 0.1) is 11.8 Å². The average molecular weight is 234 g/mol. The zero-order valence-corrected chi connectivity index (χ0v) is 9.75. The molecule has 0 amide bonds. The second kappa shape index (κ2) is 4.57.